The molecule has 2 aliphatic rings. The van der Waals surface area contributed by atoms with Gasteiger partial charge in [-0.2, -0.15) is 11.8 Å². The van der Waals surface area contributed by atoms with E-state index in [1.54, 1.807) is 0 Å². The highest BCUT2D eigenvalue weighted by Gasteiger charge is 2.45. The average Bonchev–Trinajstić information content (AvgIpc) is 2.54. The van der Waals surface area contributed by atoms with E-state index in [1.165, 1.54) is 0 Å². The number of guanidine groups is 1. The Morgan fingerprint density at radius 3 is 3.00 bits per heavy atom. The summed E-state index contributed by atoms with van der Waals surface area (Å²) in [6, 6.07) is 0. The van der Waals surface area contributed by atoms with Crippen LogP contribution < -0.4 is 10.6 Å². The fourth-order valence-electron chi connectivity index (χ4n) is 1.97. The van der Waals surface area contributed by atoms with E-state index in [-0.39, 0.29) is 11.4 Å². The highest BCUT2D eigenvalue weighted by molar-refractivity contribution is 7.99. The SMILES string of the molecule is CC(C)CN=C1NC(=O)C2(CCCSC2)N1. The minimum absolute atomic E-state index is 0.0993. The van der Waals surface area contributed by atoms with Gasteiger partial charge in [0.15, 0.2) is 5.96 Å². The Morgan fingerprint density at radius 2 is 2.38 bits per heavy atom. The van der Waals surface area contributed by atoms with Crippen LogP contribution >= 0.6 is 11.8 Å². The number of carbonyl (C=O) groups excluding carboxylic acids is 1. The minimum atomic E-state index is -0.376. The van der Waals surface area contributed by atoms with E-state index in [4.69, 9.17) is 0 Å². The van der Waals surface area contributed by atoms with Crippen molar-refractivity contribution in [3.8, 4) is 0 Å². The predicted molar refractivity (Wildman–Crippen MR) is 67.7 cm³/mol. The molecule has 1 atom stereocenters. The van der Waals surface area contributed by atoms with Gasteiger partial charge in [0, 0.05) is 12.3 Å². The van der Waals surface area contributed by atoms with Crippen molar-refractivity contribution < 1.29 is 4.79 Å². The Bertz CT molecular complexity index is 308. The van der Waals surface area contributed by atoms with Crippen molar-refractivity contribution in [2.75, 3.05) is 18.1 Å². The number of rotatable bonds is 2. The second kappa shape index (κ2) is 4.65. The fourth-order valence-corrected chi connectivity index (χ4v) is 3.16. The number of nitrogens with zero attached hydrogens (tertiary/aromatic N) is 1. The molecule has 0 bridgehead atoms. The summed E-state index contributed by atoms with van der Waals surface area (Å²) in [6.07, 6.45) is 2.02. The molecule has 4 nitrogen and oxygen atoms in total. The van der Waals surface area contributed by atoms with Crippen molar-refractivity contribution in [3.63, 3.8) is 0 Å². The molecule has 0 aromatic carbocycles. The minimum Gasteiger partial charge on any atom is -0.341 e. The lowest BCUT2D eigenvalue weighted by molar-refractivity contribution is -0.123. The molecular formula is C11H19N3OS. The molecular weight excluding hydrogens is 222 g/mol. The molecule has 1 spiro atoms. The standard InChI is InChI=1S/C11H19N3OS/c1-8(2)6-12-10-13-9(15)11(14-10)4-3-5-16-7-11/h8H,3-7H2,1-2H3,(H2,12,13,14,15). The highest BCUT2D eigenvalue weighted by atomic mass is 32.2. The van der Waals surface area contributed by atoms with Crippen molar-refractivity contribution >= 4 is 23.6 Å². The van der Waals surface area contributed by atoms with Crippen molar-refractivity contribution in [1.29, 1.82) is 0 Å². The first-order chi connectivity index (χ1) is 7.62. The number of aliphatic imine (C=N–C) groups is 1. The summed E-state index contributed by atoms with van der Waals surface area (Å²) in [5.74, 6) is 3.31. The van der Waals surface area contributed by atoms with Gasteiger partial charge in [-0.15, -0.1) is 0 Å². The Hall–Kier alpha value is -0.710. The van der Waals surface area contributed by atoms with Crippen LogP contribution in [0.3, 0.4) is 0 Å². The molecule has 90 valence electrons. The second-order valence-electron chi connectivity index (χ2n) is 4.90. The maximum atomic E-state index is 11.9. The van der Waals surface area contributed by atoms with E-state index in [0.29, 0.717) is 11.9 Å². The average molecular weight is 241 g/mol. The van der Waals surface area contributed by atoms with Gasteiger partial charge in [-0.3, -0.25) is 15.1 Å². The van der Waals surface area contributed by atoms with Crippen LogP contribution in [0.2, 0.25) is 0 Å². The first-order valence-corrected chi connectivity index (χ1v) is 7.00. The monoisotopic (exact) mass is 241 g/mol. The van der Waals surface area contributed by atoms with Crippen LogP contribution in [0.1, 0.15) is 26.7 Å². The first kappa shape index (κ1) is 11.8. The number of nitrogens with one attached hydrogen (secondary N) is 2. The topological polar surface area (TPSA) is 53.5 Å². The summed E-state index contributed by atoms with van der Waals surface area (Å²) < 4.78 is 0. The van der Waals surface area contributed by atoms with Gasteiger partial charge >= 0.3 is 0 Å². The molecule has 0 radical (unpaired) electrons. The highest BCUT2D eigenvalue weighted by Crippen LogP contribution is 2.29. The summed E-state index contributed by atoms with van der Waals surface area (Å²) in [7, 11) is 0. The fraction of sp³-hybridized carbons (Fsp3) is 0.818. The lowest BCUT2D eigenvalue weighted by Crippen LogP contribution is -2.51. The number of amides is 1. The Morgan fingerprint density at radius 1 is 1.56 bits per heavy atom. The summed E-state index contributed by atoms with van der Waals surface area (Å²) >= 11 is 1.84. The molecule has 2 aliphatic heterocycles. The zero-order valence-electron chi connectivity index (χ0n) is 9.88. The van der Waals surface area contributed by atoms with Crippen LogP contribution in [0, 0.1) is 5.92 Å². The zero-order valence-corrected chi connectivity index (χ0v) is 10.7. The number of hydrogen-bond acceptors (Lipinski definition) is 3. The van der Waals surface area contributed by atoms with Crippen molar-refractivity contribution in [3.05, 3.63) is 0 Å². The van der Waals surface area contributed by atoms with E-state index in [0.717, 1.165) is 30.9 Å². The van der Waals surface area contributed by atoms with Crippen LogP contribution in [-0.2, 0) is 4.79 Å². The van der Waals surface area contributed by atoms with E-state index in [1.807, 2.05) is 11.8 Å². The van der Waals surface area contributed by atoms with Gasteiger partial charge in [-0.05, 0) is 24.5 Å². The molecule has 2 heterocycles. The van der Waals surface area contributed by atoms with Crippen LogP contribution in [-0.4, -0.2) is 35.5 Å². The predicted octanol–water partition coefficient (Wildman–Crippen LogP) is 0.984. The lowest BCUT2D eigenvalue weighted by Gasteiger charge is -2.29. The van der Waals surface area contributed by atoms with Crippen molar-refractivity contribution in [2.24, 2.45) is 10.9 Å². The third-order valence-corrected chi connectivity index (χ3v) is 4.15. The third-order valence-electron chi connectivity index (χ3n) is 2.88. The molecule has 2 saturated heterocycles. The van der Waals surface area contributed by atoms with Crippen molar-refractivity contribution in [2.45, 2.75) is 32.2 Å². The lowest BCUT2D eigenvalue weighted by atomic mass is 9.96. The second-order valence-corrected chi connectivity index (χ2v) is 6.01. The summed E-state index contributed by atoms with van der Waals surface area (Å²) in [4.78, 5) is 16.3. The van der Waals surface area contributed by atoms with Crippen LogP contribution in [0.5, 0.6) is 0 Å². The van der Waals surface area contributed by atoms with E-state index < -0.39 is 0 Å². The van der Waals surface area contributed by atoms with Gasteiger partial charge in [0.25, 0.3) is 5.91 Å². The zero-order chi connectivity index (χ0) is 11.6. The van der Waals surface area contributed by atoms with Gasteiger partial charge in [0.1, 0.15) is 5.54 Å². The van der Waals surface area contributed by atoms with Crippen LogP contribution in [0.4, 0.5) is 0 Å². The molecule has 0 aliphatic carbocycles. The molecule has 16 heavy (non-hydrogen) atoms. The summed E-state index contributed by atoms with van der Waals surface area (Å²) in [6.45, 7) is 4.99. The van der Waals surface area contributed by atoms with Gasteiger partial charge in [-0.25, -0.2) is 0 Å². The number of carbonyl (C=O) groups is 1. The molecule has 0 aromatic rings. The van der Waals surface area contributed by atoms with E-state index >= 15 is 0 Å². The van der Waals surface area contributed by atoms with E-state index in [2.05, 4.69) is 29.5 Å². The molecule has 1 unspecified atom stereocenters. The van der Waals surface area contributed by atoms with Gasteiger partial charge in [-0.1, -0.05) is 13.8 Å². The molecule has 2 fully saturated rings. The smallest absolute Gasteiger partial charge is 0.253 e. The van der Waals surface area contributed by atoms with Gasteiger partial charge in [0.2, 0.25) is 0 Å². The molecule has 0 saturated carbocycles. The molecule has 0 aromatic heterocycles. The molecule has 2 rings (SSSR count). The summed E-state index contributed by atoms with van der Waals surface area (Å²) in [5, 5.41) is 6.14. The van der Waals surface area contributed by atoms with E-state index in [9.17, 15) is 4.79 Å². The van der Waals surface area contributed by atoms with Gasteiger partial charge < -0.3 is 5.32 Å². The largest absolute Gasteiger partial charge is 0.341 e. The quantitative estimate of drug-likeness (QED) is 0.758. The Balaban J connectivity index is 2.03. The molecule has 2 N–H and O–H groups in total. The number of hydrogen-bond donors (Lipinski definition) is 2. The maximum Gasteiger partial charge on any atom is 0.253 e. The first-order valence-electron chi connectivity index (χ1n) is 5.84. The summed E-state index contributed by atoms with van der Waals surface area (Å²) in [5.41, 5.74) is -0.376. The maximum absolute atomic E-state index is 11.9. The number of thioether (sulfide) groups is 1. The third kappa shape index (κ3) is 2.34. The van der Waals surface area contributed by atoms with Gasteiger partial charge in [0.05, 0.1) is 0 Å². The normalized spacial score (nSPS) is 32.2. The van der Waals surface area contributed by atoms with Crippen LogP contribution in [0.25, 0.3) is 0 Å². The van der Waals surface area contributed by atoms with Crippen LogP contribution in [0.15, 0.2) is 4.99 Å². The Labute approximate surface area is 101 Å². The molecule has 5 heteroatoms. The van der Waals surface area contributed by atoms with Crippen molar-refractivity contribution in [1.82, 2.24) is 10.6 Å². The Kier molecular flexibility index (Phi) is 3.42. The molecule has 1 amide bonds.